The maximum Gasteiger partial charge on any atom is 0.408 e. The number of amides is 1. The zero-order valence-corrected chi connectivity index (χ0v) is 16.5. The summed E-state index contributed by atoms with van der Waals surface area (Å²) in [5.41, 5.74) is 3.00. The quantitative estimate of drug-likeness (QED) is 0.805. The van der Waals surface area contributed by atoms with Crippen LogP contribution in [0.3, 0.4) is 0 Å². The van der Waals surface area contributed by atoms with Gasteiger partial charge in [0, 0.05) is 18.2 Å². The van der Waals surface area contributed by atoms with E-state index in [9.17, 15) is 4.79 Å². The normalized spacial score (nSPS) is 21.7. The van der Waals surface area contributed by atoms with Crippen molar-refractivity contribution in [3.05, 3.63) is 59.9 Å². The van der Waals surface area contributed by atoms with Gasteiger partial charge < -0.3 is 15.4 Å². The van der Waals surface area contributed by atoms with Gasteiger partial charge in [0.25, 0.3) is 0 Å². The fourth-order valence-electron chi connectivity index (χ4n) is 3.59. The van der Waals surface area contributed by atoms with Crippen LogP contribution < -0.4 is 10.6 Å². The van der Waals surface area contributed by atoms with Crippen LogP contribution in [0.4, 0.5) is 10.5 Å². The number of carbonyl (C=O) groups excluding carboxylic acids is 1. The largest absolute Gasteiger partial charge is 0.445 e. The van der Waals surface area contributed by atoms with E-state index >= 15 is 0 Å². The number of carbonyl (C=O) groups is 1. The van der Waals surface area contributed by atoms with Crippen molar-refractivity contribution in [1.82, 2.24) is 10.3 Å². The number of benzene rings is 1. The topological polar surface area (TPSA) is 63.2 Å². The number of pyridine rings is 1. The first-order chi connectivity index (χ1) is 12.8. The monoisotopic (exact) mass is 367 g/mol. The minimum absolute atomic E-state index is 0.182. The van der Waals surface area contributed by atoms with E-state index in [0.29, 0.717) is 0 Å². The molecule has 0 bridgehead atoms. The van der Waals surface area contributed by atoms with E-state index in [4.69, 9.17) is 4.74 Å². The first-order valence-electron chi connectivity index (χ1n) is 9.52. The molecule has 27 heavy (non-hydrogen) atoms. The van der Waals surface area contributed by atoms with Gasteiger partial charge in [-0.1, -0.05) is 58.0 Å². The summed E-state index contributed by atoms with van der Waals surface area (Å²) >= 11 is 0. The molecule has 5 nitrogen and oxygen atoms in total. The Labute approximate surface area is 161 Å². The molecule has 2 aromatic rings. The van der Waals surface area contributed by atoms with Gasteiger partial charge in [-0.05, 0) is 29.5 Å². The molecule has 0 radical (unpaired) electrons. The van der Waals surface area contributed by atoms with Gasteiger partial charge in [-0.25, -0.2) is 4.79 Å². The third-order valence-electron chi connectivity index (χ3n) is 4.95. The zero-order chi connectivity index (χ0) is 19.4. The molecule has 3 atom stereocenters. The van der Waals surface area contributed by atoms with Crippen molar-refractivity contribution in [2.75, 3.05) is 5.32 Å². The molecular formula is C22H29N3O2. The van der Waals surface area contributed by atoms with Crippen molar-refractivity contribution in [3.8, 4) is 0 Å². The summed E-state index contributed by atoms with van der Waals surface area (Å²) in [4.78, 5) is 17.0. The number of hydrogen-bond acceptors (Lipinski definition) is 4. The second-order valence-corrected chi connectivity index (χ2v) is 8.49. The van der Waals surface area contributed by atoms with Crippen LogP contribution in [0.15, 0.2) is 48.7 Å². The molecule has 5 heteroatoms. The third kappa shape index (κ3) is 5.00. The minimum atomic E-state index is -0.413. The van der Waals surface area contributed by atoms with Crippen LogP contribution in [0.2, 0.25) is 0 Å². The second kappa shape index (κ2) is 7.99. The highest BCUT2D eigenvalue weighted by atomic mass is 16.5. The van der Waals surface area contributed by atoms with Crippen molar-refractivity contribution >= 4 is 11.8 Å². The van der Waals surface area contributed by atoms with Crippen LogP contribution in [0.25, 0.3) is 0 Å². The number of fused-ring (bicyclic) bond motifs is 1. The molecule has 0 spiro atoms. The van der Waals surface area contributed by atoms with Crippen molar-refractivity contribution in [3.63, 3.8) is 0 Å². The number of anilines is 1. The summed E-state index contributed by atoms with van der Waals surface area (Å²) in [6.07, 6.45) is 2.35. The Kier molecular flexibility index (Phi) is 5.68. The molecule has 144 valence electrons. The predicted octanol–water partition coefficient (Wildman–Crippen LogP) is 4.92. The summed E-state index contributed by atoms with van der Waals surface area (Å²) in [6.45, 7) is 9.11. The Hall–Kier alpha value is -2.56. The summed E-state index contributed by atoms with van der Waals surface area (Å²) in [5.74, 6) is 0.191. The highest BCUT2D eigenvalue weighted by molar-refractivity contribution is 5.69. The SMILES string of the molecule is C[C@@H]1C(NC(=O)OCc2ccccc2)c2ncccc2N[C@H]1CC(C)(C)C. The van der Waals surface area contributed by atoms with Crippen molar-refractivity contribution < 1.29 is 9.53 Å². The number of nitrogens with zero attached hydrogens (tertiary/aromatic N) is 1. The Balaban J connectivity index is 1.72. The summed E-state index contributed by atoms with van der Waals surface area (Å²) in [6, 6.07) is 13.7. The molecule has 0 fully saturated rings. The maximum absolute atomic E-state index is 12.5. The molecule has 0 saturated heterocycles. The minimum Gasteiger partial charge on any atom is -0.445 e. The summed E-state index contributed by atoms with van der Waals surface area (Å²) < 4.78 is 5.43. The van der Waals surface area contributed by atoms with Crippen molar-refractivity contribution in [1.29, 1.82) is 0 Å². The summed E-state index contributed by atoms with van der Waals surface area (Å²) in [5, 5.41) is 6.66. The Morgan fingerprint density at radius 2 is 1.93 bits per heavy atom. The second-order valence-electron chi connectivity index (χ2n) is 8.49. The van der Waals surface area contributed by atoms with E-state index in [1.54, 1.807) is 6.20 Å². The molecule has 1 unspecified atom stereocenters. The highest BCUT2D eigenvalue weighted by Crippen LogP contribution is 2.39. The lowest BCUT2D eigenvalue weighted by molar-refractivity contribution is 0.129. The van der Waals surface area contributed by atoms with Crippen LogP contribution in [0.1, 0.15) is 51.4 Å². The van der Waals surface area contributed by atoms with Crippen LogP contribution in [0.5, 0.6) is 0 Å². The Bertz CT molecular complexity index is 771. The smallest absolute Gasteiger partial charge is 0.408 e. The molecule has 0 aliphatic carbocycles. The molecular weight excluding hydrogens is 338 g/mol. The standard InChI is InChI=1S/C22H29N3O2/c1-15-18(13-22(2,3)4)24-17-11-8-12-23-20(17)19(15)25-21(26)27-14-16-9-6-5-7-10-16/h5-12,15,18-19,24H,13-14H2,1-4H3,(H,25,26)/t15-,18-,19?/m0/s1. The van der Waals surface area contributed by atoms with Gasteiger partial charge in [0.05, 0.1) is 17.4 Å². The lowest BCUT2D eigenvalue weighted by Crippen LogP contribution is -2.45. The van der Waals surface area contributed by atoms with Crippen molar-refractivity contribution in [2.45, 2.75) is 52.8 Å². The van der Waals surface area contributed by atoms with Gasteiger partial charge in [-0.15, -0.1) is 0 Å². The number of aromatic nitrogens is 1. The van der Waals surface area contributed by atoms with Gasteiger partial charge in [0.1, 0.15) is 6.61 Å². The average molecular weight is 367 g/mol. The zero-order valence-electron chi connectivity index (χ0n) is 16.5. The van der Waals surface area contributed by atoms with Gasteiger partial charge in [-0.2, -0.15) is 0 Å². The molecule has 1 amide bonds. The molecule has 3 rings (SSSR count). The van der Waals surface area contributed by atoms with E-state index in [0.717, 1.165) is 23.4 Å². The number of ether oxygens (including phenoxy) is 1. The first kappa shape index (κ1) is 19.2. The number of hydrogen-bond donors (Lipinski definition) is 2. The molecule has 0 saturated carbocycles. The molecule has 1 aliphatic rings. The lowest BCUT2D eigenvalue weighted by Gasteiger charge is -2.40. The van der Waals surface area contributed by atoms with Crippen LogP contribution >= 0.6 is 0 Å². The van der Waals surface area contributed by atoms with Gasteiger partial charge >= 0.3 is 6.09 Å². The van der Waals surface area contributed by atoms with E-state index in [1.165, 1.54) is 0 Å². The average Bonchev–Trinajstić information content (AvgIpc) is 2.63. The van der Waals surface area contributed by atoms with E-state index in [2.05, 4.69) is 43.3 Å². The molecule has 2 heterocycles. The Morgan fingerprint density at radius 1 is 1.19 bits per heavy atom. The number of alkyl carbamates (subject to hydrolysis) is 1. The fraction of sp³-hybridized carbons (Fsp3) is 0.455. The van der Waals surface area contributed by atoms with Gasteiger partial charge in [-0.3, -0.25) is 4.98 Å². The third-order valence-corrected chi connectivity index (χ3v) is 4.95. The van der Waals surface area contributed by atoms with Gasteiger partial charge in [0.15, 0.2) is 0 Å². The first-order valence-corrected chi connectivity index (χ1v) is 9.52. The molecule has 1 aromatic carbocycles. The van der Waals surface area contributed by atoms with Crippen LogP contribution in [-0.2, 0) is 11.3 Å². The predicted molar refractivity (Wildman–Crippen MR) is 107 cm³/mol. The Morgan fingerprint density at radius 3 is 2.63 bits per heavy atom. The molecule has 2 N–H and O–H groups in total. The van der Waals surface area contributed by atoms with E-state index in [1.807, 2.05) is 42.5 Å². The van der Waals surface area contributed by atoms with Crippen LogP contribution in [-0.4, -0.2) is 17.1 Å². The molecule has 1 aliphatic heterocycles. The lowest BCUT2D eigenvalue weighted by atomic mass is 9.78. The van der Waals surface area contributed by atoms with Crippen LogP contribution in [0, 0.1) is 11.3 Å². The fourth-order valence-corrected chi connectivity index (χ4v) is 3.59. The number of nitrogens with one attached hydrogen (secondary N) is 2. The molecule has 1 aromatic heterocycles. The van der Waals surface area contributed by atoms with E-state index < -0.39 is 6.09 Å². The number of rotatable bonds is 4. The summed E-state index contributed by atoms with van der Waals surface area (Å²) in [7, 11) is 0. The van der Waals surface area contributed by atoms with Gasteiger partial charge in [0.2, 0.25) is 0 Å². The maximum atomic E-state index is 12.5. The van der Waals surface area contributed by atoms with E-state index in [-0.39, 0.29) is 30.0 Å². The highest BCUT2D eigenvalue weighted by Gasteiger charge is 2.37. The van der Waals surface area contributed by atoms with Crippen molar-refractivity contribution in [2.24, 2.45) is 11.3 Å².